The van der Waals surface area contributed by atoms with Gasteiger partial charge in [0.1, 0.15) is 0 Å². The van der Waals surface area contributed by atoms with E-state index in [1.165, 1.54) is 44.8 Å². The Labute approximate surface area is 161 Å². The predicted molar refractivity (Wildman–Crippen MR) is 99.7 cm³/mol. The largest absolute Gasteiger partial charge is 1.00 e. The Kier molecular flexibility index (Phi) is 5.64. The molecule has 0 N–H and O–H groups in total. The van der Waals surface area contributed by atoms with Gasteiger partial charge in [-0.05, 0) is 76.2 Å². The van der Waals surface area contributed by atoms with E-state index in [2.05, 4.69) is 94.7 Å². The summed E-state index contributed by atoms with van der Waals surface area (Å²) in [5, 5.41) is 0. The first-order valence-corrected chi connectivity index (χ1v) is 8.12. The summed E-state index contributed by atoms with van der Waals surface area (Å²) in [6.07, 6.45) is 4.28. The Morgan fingerprint density at radius 1 is 0.583 bits per heavy atom. The van der Waals surface area contributed by atoms with Gasteiger partial charge in [-0.15, -0.1) is 6.67 Å². The first-order valence-electron chi connectivity index (χ1n) is 8.12. The summed E-state index contributed by atoms with van der Waals surface area (Å²) in [5.41, 5.74) is 10.4. The molecule has 0 unspecified atom stereocenters. The van der Waals surface area contributed by atoms with Crippen molar-refractivity contribution in [3.8, 4) is 0 Å². The van der Waals surface area contributed by atoms with Gasteiger partial charge >= 0.3 is 22.4 Å². The van der Waals surface area contributed by atoms with Crippen LogP contribution in [0.3, 0.4) is 0 Å². The van der Waals surface area contributed by atoms with Gasteiger partial charge in [-0.2, -0.15) is 0 Å². The van der Waals surface area contributed by atoms with Crippen LogP contribution in [0.5, 0.6) is 0 Å². The van der Waals surface area contributed by atoms with Crippen LogP contribution in [0.15, 0.2) is 36.7 Å². The quantitative estimate of drug-likeness (QED) is 0.398. The van der Waals surface area contributed by atoms with Gasteiger partial charge in [-0.1, -0.05) is 35.4 Å². The van der Waals surface area contributed by atoms with Gasteiger partial charge < -0.3 is 9.80 Å². The third-order valence-electron chi connectivity index (χ3n) is 4.42. The Morgan fingerprint density at radius 2 is 0.875 bits per heavy atom. The number of aryl methyl sites for hydroxylation is 6. The summed E-state index contributed by atoms with van der Waals surface area (Å²) in [6, 6.07) is 8.98. The van der Waals surface area contributed by atoms with Crippen molar-refractivity contribution in [3.05, 3.63) is 76.7 Å². The molecule has 130 valence electrons. The van der Waals surface area contributed by atoms with Crippen molar-refractivity contribution in [3.63, 3.8) is 0 Å². The summed E-state index contributed by atoms with van der Waals surface area (Å²) < 4.78 is 0. The average Bonchev–Trinajstić information content (AvgIpc) is 2.85. The molecule has 1 aliphatic heterocycles. The number of hydrogen-bond acceptors (Lipinski definition) is 2. The molecule has 2 aromatic carbocycles. The number of anilines is 2. The van der Waals surface area contributed by atoms with E-state index in [1.807, 2.05) is 0 Å². The Balaban J connectivity index is 0.00000208. The van der Waals surface area contributed by atoms with Crippen molar-refractivity contribution in [2.45, 2.75) is 41.5 Å². The molecular formula is C21H25AuN2. The molecule has 0 amide bonds. The van der Waals surface area contributed by atoms with Gasteiger partial charge in [0.25, 0.3) is 0 Å². The first kappa shape index (κ1) is 18.9. The van der Waals surface area contributed by atoms with Crippen molar-refractivity contribution in [2.24, 2.45) is 0 Å². The fourth-order valence-electron chi connectivity index (χ4n) is 3.78. The third-order valence-corrected chi connectivity index (χ3v) is 4.42. The van der Waals surface area contributed by atoms with Crippen molar-refractivity contribution < 1.29 is 22.4 Å². The summed E-state index contributed by atoms with van der Waals surface area (Å²) in [6.45, 7) is 15.2. The van der Waals surface area contributed by atoms with Gasteiger partial charge in [-0.25, -0.2) is 0 Å². The van der Waals surface area contributed by atoms with Crippen molar-refractivity contribution in [2.75, 3.05) is 9.80 Å². The van der Waals surface area contributed by atoms with Crippen LogP contribution < -0.4 is 9.80 Å². The topological polar surface area (TPSA) is 6.48 Å². The van der Waals surface area contributed by atoms with E-state index >= 15 is 0 Å². The molecule has 0 spiro atoms. The Bertz CT molecular complexity index is 681. The smallest absolute Gasteiger partial charge is 0.479 e. The predicted octanol–water partition coefficient (Wildman–Crippen LogP) is 5.45. The SMILES string of the molecule is Cc1cc(C)c(N2C=CN(c3c(C)cc(C)cc3C)[CH-]2)c(C)c1.[Au+]. The van der Waals surface area contributed by atoms with E-state index in [0.29, 0.717) is 0 Å². The van der Waals surface area contributed by atoms with E-state index in [4.69, 9.17) is 0 Å². The zero-order chi connectivity index (χ0) is 16.7. The van der Waals surface area contributed by atoms with Crippen molar-refractivity contribution >= 4 is 11.4 Å². The third kappa shape index (κ3) is 3.46. The van der Waals surface area contributed by atoms with Crippen LogP contribution in [0.2, 0.25) is 0 Å². The minimum absolute atomic E-state index is 0. The molecule has 0 atom stereocenters. The van der Waals surface area contributed by atoms with Crippen LogP contribution in [0.4, 0.5) is 11.4 Å². The number of nitrogens with zero attached hydrogens (tertiary/aromatic N) is 2. The molecule has 3 rings (SSSR count). The van der Waals surface area contributed by atoms with Crippen LogP contribution in [0.1, 0.15) is 33.4 Å². The van der Waals surface area contributed by atoms with Crippen LogP contribution in [0, 0.1) is 48.2 Å². The van der Waals surface area contributed by atoms with E-state index in [1.54, 1.807) is 0 Å². The van der Waals surface area contributed by atoms with Crippen molar-refractivity contribution in [1.82, 2.24) is 0 Å². The Morgan fingerprint density at radius 3 is 1.17 bits per heavy atom. The monoisotopic (exact) mass is 502 g/mol. The zero-order valence-electron chi connectivity index (χ0n) is 15.2. The second-order valence-electron chi connectivity index (χ2n) is 6.72. The average molecular weight is 502 g/mol. The molecule has 1 heterocycles. The minimum atomic E-state index is 0. The van der Waals surface area contributed by atoms with E-state index in [-0.39, 0.29) is 22.4 Å². The molecular weight excluding hydrogens is 477 g/mol. The molecule has 0 aromatic heterocycles. The van der Waals surface area contributed by atoms with Gasteiger partial charge in [-0.3, -0.25) is 0 Å². The molecule has 0 aliphatic carbocycles. The van der Waals surface area contributed by atoms with Gasteiger partial charge in [0, 0.05) is 11.4 Å². The van der Waals surface area contributed by atoms with Crippen LogP contribution >= 0.6 is 0 Å². The fraction of sp³-hybridized carbons (Fsp3) is 0.286. The minimum Gasteiger partial charge on any atom is -0.479 e. The second-order valence-corrected chi connectivity index (χ2v) is 6.72. The fourth-order valence-corrected chi connectivity index (χ4v) is 3.78. The standard InChI is InChI=1S/C21H25N2.Au/c1-14-9-16(3)20(17(4)10-14)22-7-8-23(13-22)21-18(5)11-15(2)12-19(21)6;/h7-13H,1-6H3;/q-1;+1. The van der Waals surface area contributed by atoms with E-state index < -0.39 is 0 Å². The molecule has 0 bridgehead atoms. The summed E-state index contributed by atoms with van der Waals surface area (Å²) in [7, 11) is 0. The van der Waals surface area contributed by atoms with Gasteiger partial charge in [0.2, 0.25) is 0 Å². The molecule has 0 saturated carbocycles. The summed E-state index contributed by atoms with van der Waals surface area (Å²) in [5.74, 6) is 0. The number of benzene rings is 2. The molecule has 0 saturated heterocycles. The molecule has 24 heavy (non-hydrogen) atoms. The Hall–Kier alpha value is -1.48. The molecule has 0 fully saturated rings. The van der Waals surface area contributed by atoms with E-state index in [0.717, 1.165) is 0 Å². The summed E-state index contributed by atoms with van der Waals surface area (Å²) in [4.78, 5) is 4.45. The maximum Gasteiger partial charge on any atom is 1.00 e. The molecule has 2 aromatic rings. The molecule has 3 heteroatoms. The second kappa shape index (κ2) is 7.18. The molecule has 1 aliphatic rings. The molecule has 2 nitrogen and oxygen atoms in total. The van der Waals surface area contributed by atoms with Gasteiger partial charge in [0.05, 0.1) is 0 Å². The maximum atomic E-state index is 2.25. The van der Waals surface area contributed by atoms with Crippen LogP contribution in [-0.2, 0) is 22.4 Å². The van der Waals surface area contributed by atoms with Crippen LogP contribution in [0.25, 0.3) is 0 Å². The number of hydrogen-bond donors (Lipinski definition) is 0. The van der Waals surface area contributed by atoms with Crippen LogP contribution in [-0.4, -0.2) is 0 Å². The first-order chi connectivity index (χ1) is 10.9. The number of rotatable bonds is 2. The zero-order valence-corrected chi connectivity index (χ0v) is 17.4. The van der Waals surface area contributed by atoms with Gasteiger partial charge in [0.15, 0.2) is 0 Å². The van der Waals surface area contributed by atoms with Crippen molar-refractivity contribution in [1.29, 1.82) is 0 Å². The van der Waals surface area contributed by atoms with E-state index in [9.17, 15) is 0 Å². The summed E-state index contributed by atoms with van der Waals surface area (Å²) >= 11 is 0. The normalized spacial score (nSPS) is 13.4. The maximum absolute atomic E-state index is 2.25. The molecule has 0 radical (unpaired) electrons.